The highest BCUT2D eigenvalue weighted by molar-refractivity contribution is 6.59. The molecule has 0 atom stereocenters. The van der Waals surface area contributed by atoms with Crippen LogP contribution in [-0.4, -0.2) is 25.8 Å². The highest BCUT2D eigenvalue weighted by atomic mass is 28.4. The molecule has 3 nitrogen and oxygen atoms in total. The summed E-state index contributed by atoms with van der Waals surface area (Å²) < 4.78 is 50.5. The summed E-state index contributed by atoms with van der Waals surface area (Å²) in [4.78, 5) is 10.4. The highest BCUT2D eigenvalue weighted by Crippen LogP contribution is 2.21. The van der Waals surface area contributed by atoms with Crippen molar-refractivity contribution in [1.29, 1.82) is 0 Å². The fraction of sp³-hybridized carbons (Fsp3) is 0.571. The topological polar surface area (TPSA) is 38.7 Å². The number of hydrogen-bond donors (Lipinski definition) is 1. The Bertz CT molecular complexity index is 471. The van der Waals surface area contributed by atoms with Gasteiger partial charge in [-0.05, 0) is 45.7 Å². The van der Waals surface area contributed by atoms with E-state index < -0.39 is 26.3 Å². The van der Waals surface area contributed by atoms with E-state index in [2.05, 4.69) is 0 Å². The van der Waals surface area contributed by atoms with Crippen LogP contribution in [0.2, 0.25) is 6.04 Å². The van der Waals surface area contributed by atoms with Crippen LogP contribution in [-0.2, 0) is 15.3 Å². The van der Waals surface area contributed by atoms with Gasteiger partial charge in [-0.2, -0.15) is 0 Å². The maximum Gasteiger partial charge on any atom is 0.498 e. The van der Waals surface area contributed by atoms with Gasteiger partial charge in [-0.3, -0.25) is 0 Å². The molecule has 0 radical (unpaired) electrons. The Morgan fingerprint density at radius 1 is 0.952 bits per heavy atom. The summed E-state index contributed by atoms with van der Waals surface area (Å²) in [7, 11) is -3.50. The molecule has 7 heteroatoms. The van der Waals surface area contributed by atoms with E-state index in [-0.39, 0.29) is 30.2 Å². The van der Waals surface area contributed by atoms with Gasteiger partial charge in [0.2, 0.25) is 0 Å². The second-order valence-corrected chi connectivity index (χ2v) is 7.80. The zero-order valence-corrected chi connectivity index (χ0v) is 13.6. The lowest BCUT2D eigenvalue weighted by Crippen LogP contribution is -2.46. The Morgan fingerprint density at radius 3 is 1.90 bits per heavy atom. The fourth-order valence-corrected chi connectivity index (χ4v) is 4.28. The van der Waals surface area contributed by atoms with Crippen LogP contribution in [0.3, 0.4) is 0 Å². The molecule has 1 aromatic carbocycles. The van der Waals surface area contributed by atoms with Crippen molar-refractivity contribution in [2.75, 3.05) is 0 Å². The number of rotatable bonds is 7. The van der Waals surface area contributed by atoms with E-state index in [0.29, 0.717) is 6.07 Å². The molecule has 0 bridgehead atoms. The predicted octanol–water partition coefficient (Wildman–Crippen LogP) is 3.43. The normalized spacial score (nSPS) is 12.5. The molecule has 0 amide bonds. The molecule has 0 saturated heterocycles. The first kappa shape index (κ1) is 18.2. The predicted molar refractivity (Wildman–Crippen MR) is 75.2 cm³/mol. The van der Waals surface area contributed by atoms with Crippen LogP contribution in [0.1, 0.15) is 33.3 Å². The van der Waals surface area contributed by atoms with Crippen molar-refractivity contribution >= 4 is 8.80 Å². The monoisotopic (exact) mass is 322 g/mol. The summed E-state index contributed by atoms with van der Waals surface area (Å²) >= 11 is 0. The third kappa shape index (κ3) is 5.78. The molecule has 0 fully saturated rings. The molecule has 21 heavy (non-hydrogen) atoms. The van der Waals surface area contributed by atoms with Crippen molar-refractivity contribution in [3.63, 3.8) is 0 Å². The Kier molecular flexibility index (Phi) is 6.39. The summed E-state index contributed by atoms with van der Waals surface area (Å²) in [6.07, 6.45) is -0.504. The van der Waals surface area contributed by atoms with E-state index in [4.69, 9.17) is 8.85 Å². The molecule has 0 spiro atoms. The molecule has 0 unspecified atom stereocenters. The zero-order valence-electron chi connectivity index (χ0n) is 12.6. The van der Waals surface area contributed by atoms with Gasteiger partial charge in [-0.15, -0.1) is 0 Å². The first-order chi connectivity index (χ1) is 9.63. The van der Waals surface area contributed by atoms with Crippen LogP contribution in [0, 0.1) is 17.5 Å². The average molecular weight is 322 g/mol. The van der Waals surface area contributed by atoms with E-state index >= 15 is 0 Å². The first-order valence-electron chi connectivity index (χ1n) is 6.84. The Labute approximate surface area is 124 Å². The summed E-state index contributed by atoms with van der Waals surface area (Å²) in [6, 6.07) is 1.33. The standard InChI is InChI=1S/C14H21F3O3Si/c1-9(2)19-21(18,20-10(3)4)6-5-11-7-13(16)14(17)8-12(11)15/h7-10,18H,5-6H2,1-4H3. The van der Waals surface area contributed by atoms with E-state index in [1.54, 1.807) is 27.7 Å². The average Bonchev–Trinajstić information content (AvgIpc) is 2.30. The molecule has 1 aromatic rings. The van der Waals surface area contributed by atoms with Crippen LogP contribution >= 0.6 is 0 Å². The van der Waals surface area contributed by atoms with Crippen molar-refractivity contribution in [1.82, 2.24) is 0 Å². The van der Waals surface area contributed by atoms with Crippen LogP contribution in [0.25, 0.3) is 0 Å². The Morgan fingerprint density at radius 2 is 1.43 bits per heavy atom. The molecule has 1 rings (SSSR count). The number of halogens is 3. The van der Waals surface area contributed by atoms with Gasteiger partial charge in [-0.1, -0.05) is 0 Å². The van der Waals surface area contributed by atoms with Crippen LogP contribution in [0.4, 0.5) is 13.2 Å². The fourth-order valence-electron chi connectivity index (χ4n) is 1.93. The van der Waals surface area contributed by atoms with Gasteiger partial charge in [-0.25, -0.2) is 13.2 Å². The molecule has 0 aliphatic rings. The second kappa shape index (κ2) is 7.39. The smallest absolute Gasteiger partial charge is 0.390 e. The zero-order chi connectivity index (χ0) is 16.2. The third-order valence-electron chi connectivity index (χ3n) is 2.64. The molecule has 1 N–H and O–H groups in total. The largest absolute Gasteiger partial charge is 0.498 e. The molecular weight excluding hydrogens is 301 g/mol. The van der Waals surface area contributed by atoms with E-state index in [1.807, 2.05) is 0 Å². The number of aryl methyl sites for hydroxylation is 1. The van der Waals surface area contributed by atoms with Crippen molar-refractivity contribution in [3.8, 4) is 0 Å². The van der Waals surface area contributed by atoms with Gasteiger partial charge in [0.1, 0.15) is 5.82 Å². The van der Waals surface area contributed by atoms with Crippen molar-refractivity contribution in [3.05, 3.63) is 35.1 Å². The van der Waals surface area contributed by atoms with E-state index in [9.17, 15) is 18.0 Å². The first-order valence-corrected chi connectivity index (χ1v) is 8.81. The summed E-state index contributed by atoms with van der Waals surface area (Å²) in [6.45, 7) is 7.00. The molecule has 0 aliphatic heterocycles. The second-order valence-electron chi connectivity index (χ2n) is 5.40. The minimum absolute atomic E-state index is 0.00515. The molecule has 120 valence electrons. The molecule has 0 aromatic heterocycles. The maximum atomic E-state index is 13.6. The molecule has 0 aliphatic carbocycles. The lowest BCUT2D eigenvalue weighted by atomic mass is 10.1. The van der Waals surface area contributed by atoms with Crippen molar-refractivity contribution in [2.24, 2.45) is 0 Å². The van der Waals surface area contributed by atoms with Crippen molar-refractivity contribution in [2.45, 2.75) is 52.4 Å². The minimum Gasteiger partial charge on any atom is -0.390 e. The summed E-state index contributed by atoms with van der Waals surface area (Å²) in [5, 5.41) is 0. The molecular formula is C14H21F3O3Si. The maximum absolute atomic E-state index is 13.6. The number of hydrogen-bond acceptors (Lipinski definition) is 3. The minimum atomic E-state index is -3.50. The SMILES string of the molecule is CC(C)O[Si](O)(CCc1cc(F)c(F)cc1F)OC(C)C. The van der Waals surface area contributed by atoms with Crippen LogP contribution in [0.5, 0.6) is 0 Å². The quantitative estimate of drug-likeness (QED) is 0.617. The summed E-state index contributed by atoms with van der Waals surface area (Å²) in [5.41, 5.74) is -0.0143. The van der Waals surface area contributed by atoms with Gasteiger partial charge in [0, 0.05) is 24.3 Å². The Hall–Kier alpha value is -0.893. The lowest BCUT2D eigenvalue weighted by Gasteiger charge is -2.28. The van der Waals surface area contributed by atoms with E-state index in [0.717, 1.165) is 6.07 Å². The van der Waals surface area contributed by atoms with Crippen molar-refractivity contribution < 1.29 is 26.8 Å². The van der Waals surface area contributed by atoms with E-state index in [1.165, 1.54) is 0 Å². The van der Waals surface area contributed by atoms with Crippen LogP contribution in [0.15, 0.2) is 12.1 Å². The summed E-state index contributed by atoms with van der Waals surface area (Å²) in [5.74, 6) is -3.20. The molecule has 0 saturated carbocycles. The lowest BCUT2D eigenvalue weighted by molar-refractivity contribution is 0.0478. The van der Waals surface area contributed by atoms with Crippen LogP contribution < -0.4 is 0 Å². The van der Waals surface area contributed by atoms with Gasteiger partial charge in [0.25, 0.3) is 0 Å². The third-order valence-corrected chi connectivity index (χ3v) is 5.20. The number of benzene rings is 1. The Balaban J connectivity index is 2.83. The highest BCUT2D eigenvalue weighted by Gasteiger charge is 2.39. The van der Waals surface area contributed by atoms with Gasteiger partial charge in [0.15, 0.2) is 11.6 Å². The van der Waals surface area contributed by atoms with Gasteiger partial charge in [0.05, 0.1) is 0 Å². The van der Waals surface area contributed by atoms with Gasteiger partial charge < -0.3 is 13.6 Å². The molecule has 0 heterocycles. The van der Waals surface area contributed by atoms with Gasteiger partial charge >= 0.3 is 8.80 Å².